The van der Waals surface area contributed by atoms with Gasteiger partial charge in [-0.3, -0.25) is 0 Å². The van der Waals surface area contributed by atoms with Crippen molar-refractivity contribution in [3.63, 3.8) is 0 Å². The molecule has 2 atom stereocenters. The maximum atomic E-state index is 9.81. The summed E-state index contributed by atoms with van der Waals surface area (Å²) < 4.78 is 5.30. The molecular formula is C10H22O2. The van der Waals surface area contributed by atoms with E-state index in [1.54, 1.807) is 7.11 Å². The molecule has 0 radical (unpaired) electrons. The molecule has 74 valence electrons. The third-order valence-electron chi connectivity index (χ3n) is 2.57. The molecule has 0 saturated carbocycles. The van der Waals surface area contributed by atoms with Crippen LogP contribution in [0.5, 0.6) is 0 Å². The van der Waals surface area contributed by atoms with Crippen molar-refractivity contribution in [3.8, 4) is 0 Å². The Morgan fingerprint density at radius 2 is 1.92 bits per heavy atom. The minimum absolute atomic E-state index is 0.354. The Morgan fingerprint density at radius 1 is 1.42 bits per heavy atom. The van der Waals surface area contributed by atoms with E-state index >= 15 is 0 Å². The molecule has 0 amide bonds. The van der Waals surface area contributed by atoms with E-state index in [4.69, 9.17) is 4.74 Å². The van der Waals surface area contributed by atoms with Crippen molar-refractivity contribution in [2.24, 2.45) is 5.92 Å². The van der Waals surface area contributed by atoms with Gasteiger partial charge in [-0.15, -0.1) is 0 Å². The van der Waals surface area contributed by atoms with Crippen LogP contribution in [0.3, 0.4) is 0 Å². The molecule has 2 nitrogen and oxygen atoms in total. The molecule has 2 heteroatoms. The summed E-state index contributed by atoms with van der Waals surface area (Å²) in [4.78, 5) is 0. The molecule has 0 aromatic rings. The molecule has 0 fully saturated rings. The highest BCUT2D eigenvalue weighted by molar-refractivity contribution is 4.82. The van der Waals surface area contributed by atoms with Crippen molar-refractivity contribution in [1.82, 2.24) is 0 Å². The first-order chi connectivity index (χ1) is 5.46. The SMILES string of the molecule is CCC(C)(OC)C(O)CC(C)C. The number of aliphatic hydroxyl groups is 1. The zero-order chi connectivity index (χ0) is 9.78. The van der Waals surface area contributed by atoms with Gasteiger partial charge in [-0.05, 0) is 25.7 Å². The highest BCUT2D eigenvalue weighted by atomic mass is 16.5. The third-order valence-corrected chi connectivity index (χ3v) is 2.57. The van der Waals surface area contributed by atoms with E-state index in [0.29, 0.717) is 5.92 Å². The molecule has 0 saturated heterocycles. The summed E-state index contributed by atoms with van der Waals surface area (Å²) >= 11 is 0. The van der Waals surface area contributed by atoms with Crippen LogP contribution in [0.4, 0.5) is 0 Å². The minimum atomic E-state index is -0.371. The van der Waals surface area contributed by atoms with E-state index < -0.39 is 0 Å². The highest BCUT2D eigenvalue weighted by Gasteiger charge is 2.31. The molecule has 2 unspecified atom stereocenters. The lowest BCUT2D eigenvalue weighted by atomic mass is 9.89. The van der Waals surface area contributed by atoms with Crippen molar-refractivity contribution < 1.29 is 9.84 Å². The van der Waals surface area contributed by atoms with Crippen LogP contribution in [0.2, 0.25) is 0 Å². The lowest BCUT2D eigenvalue weighted by Gasteiger charge is -2.33. The number of hydrogen-bond donors (Lipinski definition) is 1. The van der Waals surface area contributed by atoms with Gasteiger partial charge in [-0.25, -0.2) is 0 Å². The number of aliphatic hydroxyl groups excluding tert-OH is 1. The van der Waals surface area contributed by atoms with Crippen LogP contribution in [0, 0.1) is 5.92 Å². The second kappa shape index (κ2) is 4.83. The normalized spacial score (nSPS) is 19.2. The summed E-state index contributed by atoms with van der Waals surface area (Å²) in [5.41, 5.74) is -0.371. The summed E-state index contributed by atoms with van der Waals surface area (Å²) in [5.74, 6) is 0.515. The van der Waals surface area contributed by atoms with Crippen molar-refractivity contribution in [3.05, 3.63) is 0 Å². The minimum Gasteiger partial charge on any atom is -0.390 e. The molecule has 0 bridgehead atoms. The van der Waals surface area contributed by atoms with Crippen LogP contribution >= 0.6 is 0 Å². The molecular weight excluding hydrogens is 152 g/mol. The standard InChI is InChI=1S/C10H22O2/c1-6-10(4,12-5)9(11)7-8(2)3/h8-9,11H,6-7H2,1-5H3. The molecule has 0 aromatic carbocycles. The summed E-state index contributed by atoms with van der Waals surface area (Å²) in [6.45, 7) is 8.21. The van der Waals surface area contributed by atoms with E-state index in [1.165, 1.54) is 0 Å². The van der Waals surface area contributed by atoms with Gasteiger partial charge in [0, 0.05) is 7.11 Å². The number of hydrogen-bond acceptors (Lipinski definition) is 2. The van der Waals surface area contributed by atoms with Gasteiger partial charge in [-0.2, -0.15) is 0 Å². The maximum absolute atomic E-state index is 9.81. The van der Waals surface area contributed by atoms with Crippen LogP contribution in [-0.4, -0.2) is 23.9 Å². The molecule has 0 aliphatic rings. The van der Waals surface area contributed by atoms with Crippen LogP contribution in [-0.2, 0) is 4.74 Å². The van der Waals surface area contributed by atoms with Crippen molar-refractivity contribution in [2.75, 3.05) is 7.11 Å². The van der Waals surface area contributed by atoms with Gasteiger partial charge in [0.1, 0.15) is 0 Å². The fourth-order valence-electron chi connectivity index (χ4n) is 1.21. The van der Waals surface area contributed by atoms with Gasteiger partial charge in [0.15, 0.2) is 0 Å². The van der Waals surface area contributed by atoms with Gasteiger partial charge < -0.3 is 9.84 Å². The second-order valence-corrected chi connectivity index (χ2v) is 4.02. The molecule has 0 heterocycles. The van der Waals surface area contributed by atoms with Crippen molar-refractivity contribution >= 4 is 0 Å². The Hall–Kier alpha value is -0.0800. The van der Waals surface area contributed by atoms with Gasteiger partial charge in [0.05, 0.1) is 11.7 Å². The van der Waals surface area contributed by atoms with Crippen LogP contribution < -0.4 is 0 Å². The molecule has 0 aliphatic heterocycles. The Bertz CT molecular complexity index is 117. The molecule has 12 heavy (non-hydrogen) atoms. The quantitative estimate of drug-likeness (QED) is 0.692. The van der Waals surface area contributed by atoms with Crippen LogP contribution in [0.25, 0.3) is 0 Å². The van der Waals surface area contributed by atoms with E-state index in [1.807, 2.05) is 13.8 Å². The first-order valence-corrected chi connectivity index (χ1v) is 4.69. The third kappa shape index (κ3) is 3.11. The van der Waals surface area contributed by atoms with Gasteiger partial charge in [0.2, 0.25) is 0 Å². The fraction of sp³-hybridized carbons (Fsp3) is 1.00. The monoisotopic (exact) mass is 174 g/mol. The Morgan fingerprint density at radius 3 is 2.17 bits per heavy atom. The van der Waals surface area contributed by atoms with Gasteiger partial charge >= 0.3 is 0 Å². The summed E-state index contributed by atoms with van der Waals surface area (Å²) in [6, 6.07) is 0. The predicted octanol–water partition coefficient (Wildman–Crippen LogP) is 2.21. The zero-order valence-corrected chi connectivity index (χ0v) is 8.92. The summed E-state index contributed by atoms with van der Waals surface area (Å²) in [6.07, 6.45) is 1.29. The predicted molar refractivity (Wildman–Crippen MR) is 51.2 cm³/mol. The van der Waals surface area contributed by atoms with Crippen LogP contribution in [0.1, 0.15) is 40.5 Å². The highest BCUT2D eigenvalue weighted by Crippen LogP contribution is 2.23. The summed E-state index contributed by atoms with van der Waals surface area (Å²) in [7, 11) is 1.66. The second-order valence-electron chi connectivity index (χ2n) is 4.02. The largest absolute Gasteiger partial charge is 0.390 e. The average molecular weight is 174 g/mol. The maximum Gasteiger partial charge on any atom is 0.0905 e. The Kier molecular flexibility index (Phi) is 4.80. The average Bonchev–Trinajstić information content (AvgIpc) is 2.02. The first-order valence-electron chi connectivity index (χ1n) is 4.69. The fourth-order valence-corrected chi connectivity index (χ4v) is 1.21. The molecule has 0 spiro atoms. The van der Waals surface area contributed by atoms with E-state index in [9.17, 15) is 5.11 Å². The summed E-state index contributed by atoms with van der Waals surface area (Å²) in [5, 5.41) is 9.81. The molecule has 0 aromatic heterocycles. The van der Waals surface area contributed by atoms with E-state index in [2.05, 4.69) is 13.8 Å². The lowest BCUT2D eigenvalue weighted by Crippen LogP contribution is -2.41. The first kappa shape index (κ1) is 11.9. The number of rotatable bonds is 5. The molecule has 0 aliphatic carbocycles. The Balaban J connectivity index is 4.11. The van der Waals surface area contributed by atoms with Crippen LogP contribution in [0.15, 0.2) is 0 Å². The smallest absolute Gasteiger partial charge is 0.0905 e. The number of methoxy groups -OCH3 is 1. The topological polar surface area (TPSA) is 29.5 Å². The lowest BCUT2D eigenvalue weighted by molar-refractivity contribution is -0.0985. The van der Waals surface area contributed by atoms with Gasteiger partial charge in [0.25, 0.3) is 0 Å². The van der Waals surface area contributed by atoms with Gasteiger partial charge in [-0.1, -0.05) is 20.8 Å². The number of ether oxygens (including phenoxy) is 1. The van der Waals surface area contributed by atoms with Crippen molar-refractivity contribution in [1.29, 1.82) is 0 Å². The molecule has 0 rings (SSSR count). The van der Waals surface area contributed by atoms with E-state index in [0.717, 1.165) is 12.8 Å². The zero-order valence-electron chi connectivity index (χ0n) is 8.92. The Labute approximate surface area is 75.9 Å². The van der Waals surface area contributed by atoms with E-state index in [-0.39, 0.29) is 11.7 Å². The van der Waals surface area contributed by atoms with Crippen molar-refractivity contribution in [2.45, 2.75) is 52.2 Å². The molecule has 1 N–H and O–H groups in total.